The molecule has 0 aromatic rings. The highest BCUT2D eigenvalue weighted by Gasteiger charge is 2.48. The van der Waals surface area contributed by atoms with Crippen molar-refractivity contribution < 1.29 is 4.74 Å². The lowest BCUT2D eigenvalue weighted by Crippen LogP contribution is -2.47. The van der Waals surface area contributed by atoms with Gasteiger partial charge in [0.15, 0.2) is 0 Å². The van der Waals surface area contributed by atoms with Crippen molar-refractivity contribution in [2.75, 3.05) is 7.11 Å². The van der Waals surface area contributed by atoms with Crippen molar-refractivity contribution in [3.8, 4) is 0 Å². The van der Waals surface area contributed by atoms with Crippen LogP contribution in [0.15, 0.2) is 12.2 Å². The zero-order valence-electron chi connectivity index (χ0n) is 9.16. The molecule has 0 saturated heterocycles. The lowest BCUT2D eigenvalue weighted by Gasteiger charge is -2.47. The number of hydrogen-bond donors (Lipinski definition) is 0. The Labute approximate surface area is 91.5 Å². The number of halogens is 1. The fourth-order valence-electron chi connectivity index (χ4n) is 3.29. The first kappa shape index (κ1) is 10.5. The van der Waals surface area contributed by atoms with Gasteiger partial charge < -0.3 is 4.74 Å². The van der Waals surface area contributed by atoms with Gasteiger partial charge in [0.2, 0.25) is 0 Å². The van der Waals surface area contributed by atoms with E-state index in [1.807, 2.05) is 7.11 Å². The second-order valence-electron chi connectivity index (χ2n) is 5.15. The molecule has 0 heterocycles. The number of allylic oxidation sites excluding steroid dienone is 1. The highest BCUT2D eigenvalue weighted by Crippen LogP contribution is 2.50. The molecule has 3 aliphatic rings. The summed E-state index contributed by atoms with van der Waals surface area (Å²) in [5.74, 6) is 1.12. The Morgan fingerprint density at radius 2 is 2.00 bits per heavy atom. The van der Waals surface area contributed by atoms with Crippen LogP contribution in [0, 0.1) is 17.3 Å². The molecule has 0 aromatic carbocycles. The molecule has 0 amide bonds. The predicted octanol–water partition coefficient (Wildman–Crippen LogP) is 3.23. The van der Waals surface area contributed by atoms with Crippen molar-refractivity contribution in [3.05, 3.63) is 12.2 Å². The van der Waals surface area contributed by atoms with Crippen LogP contribution in [0.4, 0.5) is 0 Å². The lowest BCUT2D eigenvalue weighted by molar-refractivity contribution is -0.0749. The van der Waals surface area contributed by atoms with Crippen molar-refractivity contribution in [2.45, 2.75) is 38.2 Å². The van der Waals surface area contributed by atoms with Gasteiger partial charge in [0, 0.05) is 13.0 Å². The molecule has 0 aliphatic heterocycles. The fourth-order valence-corrected chi connectivity index (χ4v) is 3.82. The summed E-state index contributed by atoms with van der Waals surface area (Å²) in [7, 11) is 1.82. The maximum Gasteiger partial charge on any atom is 0.0687 e. The number of methoxy groups -OCH3 is 1. The first-order valence-corrected chi connectivity index (χ1v) is 5.86. The largest absolute Gasteiger partial charge is 0.380 e. The fraction of sp³-hybridized carbons (Fsp3) is 0.833. The van der Waals surface area contributed by atoms with E-state index in [0.717, 1.165) is 0 Å². The summed E-state index contributed by atoms with van der Waals surface area (Å²) in [6.07, 6.45) is 7.23. The third-order valence-electron chi connectivity index (χ3n) is 4.07. The van der Waals surface area contributed by atoms with Crippen LogP contribution in [-0.4, -0.2) is 18.6 Å². The summed E-state index contributed by atoms with van der Waals surface area (Å²) in [4.78, 5) is 0. The molecule has 0 radical (unpaired) electrons. The van der Waals surface area contributed by atoms with E-state index in [4.69, 9.17) is 16.3 Å². The van der Waals surface area contributed by atoms with Crippen LogP contribution in [0.2, 0.25) is 0 Å². The average molecular weight is 215 g/mol. The van der Waals surface area contributed by atoms with Crippen molar-refractivity contribution >= 4 is 11.6 Å². The van der Waals surface area contributed by atoms with Crippen molar-refractivity contribution in [3.63, 3.8) is 0 Å². The Bertz CT molecular complexity index is 243. The summed E-state index contributed by atoms with van der Waals surface area (Å²) in [5, 5.41) is 0.190. The first-order valence-electron chi connectivity index (χ1n) is 5.42. The molecule has 1 nitrogen and oxygen atoms in total. The zero-order chi connectivity index (χ0) is 10.3. The Kier molecular flexibility index (Phi) is 2.65. The van der Waals surface area contributed by atoms with Crippen molar-refractivity contribution in [1.82, 2.24) is 0 Å². The maximum atomic E-state index is 6.38. The van der Waals surface area contributed by atoms with Gasteiger partial charge in [-0.3, -0.25) is 0 Å². The monoisotopic (exact) mass is 214 g/mol. The molecule has 1 fully saturated rings. The molecule has 14 heavy (non-hydrogen) atoms. The van der Waals surface area contributed by atoms with Crippen LogP contribution in [0.1, 0.15) is 26.7 Å². The minimum absolute atomic E-state index is 0.190. The van der Waals surface area contributed by atoms with Crippen molar-refractivity contribution in [1.29, 1.82) is 0 Å². The number of hydrogen-bond acceptors (Lipinski definition) is 1. The average Bonchev–Trinajstić information content (AvgIpc) is 2.33. The zero-order valence-corrected chi connectivity index (χ0v) is 9.92. The molecule has 2 heteroatoms. The van der Waals surface area contributed by atoms with Crippen LogP contribution < -0.4 is 0 Å². The van der Waals surface area contributed by atoms with E-state index in [-0.39, 0.29) is 10.8 Å². The van der Waals surface area contributed by atoms with E-state index < -0.39 is 0 Å². The normalized spacial score (nSPS) is 45.1. The minimum Gasteiger partial charge on any atom is -0.380 e. The SMILES string of the molecule is CO[C@H]1[C@@H]2C=C[C@@H](Cl)[C@@H](CC2)C1(C)C. The van der Waals surface area contributed by atoms with Gasteiger partial charge in [-0.2, -0.15) is 0 Å². The Morgan fingerprint density at radius 1 is 1.29 bits per heavy atom. The minimum atomic E-state index is 0.190. The van der Waals surface area contributed by atoms with E-state index in [2.05, 4.69) is 26.0 Å². The van der Waals surface area contributed by atoms with E-state index in [0.29, 0.717) is 17.9 Å². The molecule has 0 aromatic heterocycles. The molecule has 4 atom stereocenters. The van der Waals surface area contributed by atoms with Gasteiger partial charge in [0.05, 0.1) is 11.5 Å². The first-order chi connectivity index (χ1) is 6.57. The summed E-state index contributed by atoms with van der Waals surface area (Å²) >= 11 is 6.38. The van der Waals surface area contributed by atoms with Gasteiger partial charge >= 0.3 is 0 Å². The number of alkyl halides is 1. The topological polar surface area (TPSA) is 9.23 Å². The smallest absolute Gasteiger partial charge is 0.0687 e. The van der Waals surface area contributed by atoms with Crippen molar-refractivity contribution in [2.24, 2.45) is 17.3 Å². The lowest BCUT2D eigenvalue weighted by atomic mass is 9.63. The second-order valence-corrected chi connectivity index (χ2v) is 5.66. The number of fused-ring (bicyclic) bond motifs is 3. The third kappa shape index (κ3) is 1.42. The highest BCUT2D eigenvalue weighted by molar-refractivity contribution is 6.22. The van der Waals surface area contributed by atoms with E-state index in [1.54, 1.807) is 0 Å². The Balaban J connectivity index is 2.35. The van der Waals surface area contributed by atoms with Gasteiger partial charge in [0.25, 0.3) is 0 Å². The van der Waals surface area contributed by atoms with Gasteiger partial charge in [0.1, 0.15) is 0 Å². The standard InChI is InChI=1S/C12H19ClO/c1-12(2)9-6-4-8(11(12)14-3)5-7-10(9)13/h5,7-11H,4,6H2,1-3H3/t8-,9+,10+,11-/m0/s1. The molecule has 2 bridgehead atoms. The molecule has 0 N–H and O–H groups in total. The van der Waals surface area contributed by atoms with Gasteiger partial charge in [-0.1, -0.05) is 26.0 Å². The predicted molar refractivity (Wildman–Crippen MR) is 59.6 cm³/mol. The third-order valence-corrected chi connectivity index (χ3v) is 4.52. The van der Waals surface area contributed by atoms with E-state index >= 15 is 0 Å². The molecule has 3 rings (SSSR count). The van der Waals surface area contributed by atoms with Crippen LogP contribution in [0.3, 0.4) is 0 Å². The summed E-state index contributed by atoms with van der Waals surface area (Å²) in [5.41, 5.74) is 0.202. The molecule has 0 unspecified atom stereocenters. The summed E-state index contributed by atoms with van der Waals surface area (Å²) < 4.78 is 5.66. The second kappa shape index (κ2) is 3.53. The van der Waals surface area contributed by atoms with Crippen LogP contribution in [0.5, 0.6) is 0 Å². The molecule has 1 saturated carbocycles. The quantitative estimate of drug-likeness (QED) is 0.481. The van der Waals surface area contributed by atoms with Gasteiger partial charge in [-0.05, 0) is 24.2 Å². The molecule has 3 aliphatic carbocycles. The Hall–Kier alpha value is -0.0100. The Morgan fingerprint density at radius 3 is 2.64 bits per heavy atom. The summed E-state index contributed by atoms with van der Waals surface area (Å²) in [6.45, 7) is 4.58. The molecule has 0 spiro atoms. The number of ether oxygens (including phenoxy) is 1. The van der Waals surface area contributed by atoms with E-state index in [1.165, 1.54) is 12.8 Å². The molecular weight excluding hydrogens is 196 g/mol. The highest BCUT2D eigenvalue weighted by atomic mass is 35.5. The molecule has 80 valence electrons. The van der Waals surface area contributed by atoms with Crippen LogP contribution >= 0.6 is 11.6 Å². The molecular formula is C12H19ClO. The van der Waals surface area contributed by atoms with Gasteiger partial charge in [-0.15, -0.1) is 11.6 Å². The van der Waals surface area contributed by atoms with Gasteiger partial charge in [-0.25, -0.2) is 0 Å². The van der Waals surface area contributed by atoms with E-state index in [9.17, 15) is 0 Å². The number of rotatable bonds is 1. The van der Waals surface area contributed by atoms with Crippen LogP contribution in [-0.2, 0) is 4.74 Å². The summed E-state index contributed by atoms with van der Waals surface area (Å²) in [6, 6.07) is 0. The maximum absolute atomic E-state index is 6.38. The van der Waals surface area contributed by atoms with Crippen LogP contribution in [0.25, 0.3) is 0 Å².